The first-order chi connectivity index (χ1) is 10.3. The van der Waals surface area contributed by atoms with E-state index < -0.39 is 0 Å². The van der Waals surface area contributed by atoms with Crippen molar-refractivity contribution in [3.63, 3.8) is 0 Å². The number of anilines is 1. The number of benzene rings is 1. The van der Waals surface area contributed by atoms with Crippen molar-refractivity contribution < 1.29 is 9.53 Å². The van der Waals surface area contributed by atoms with Gasteiger partial charge in [0.1, 0.15) is 0 Å². The van der Waals surface area contributed by atoms with Crippen LogP contribution in [0.3, 0.4) is 0 Å². The van der Waals surface area contributed by atoms with Crippen LogP contribution in [-0.4, -0.2) is 25.7 Å². The molecule has 0 N–H and O–H groups in total. The van der Waals surface area contributed by atoms with Gasteiger partial charge in [0.2, 0.25) is 0 Å². The molecule has 0 aromatic heterocycles. The van der Waals surface area contributed by atoms with Gasteiger partial charge in [0.25, 0.3) is 0 Å². The van der Waals surface area contributed by atoms with Crippen LogP contribution in [0.1, 0.15) is 23.7 Å². The lowest BCUT2D eigenvalue weighted by Gasteiger charge is -2.21. The van der Waals surface area contributed by atoms with Crippen molar-refractivity contribution in [2.24, 2.45) is 23.7 Å². The van der Waals surface area contributed by atoms with E-state index in [0.717, 1.165) is 36.8 Å². The second-order valence-corrected chi connectivity index (χ2v) is 6.45. The standard InChI is InChI=1S/C18H21NO2/c1-2-21-18(20)12-5-7-15(8-6-12)19-10-16-13-3-4-14(9-13)17(16)11-19/h3-8,13-14,16-17H,2,9-11H2,1H3. The van der Waals surface area contributed by atoms with Gasteiger partial charge in [-0.25, -0.2) is 4.79 Å². The van der Waals surface area contributed by atoms with Gasteiger partial charge in [-0.3, -0.25) is 0 Å². The van der Waals surface area contributed by atoms with Gasteiger partial charge in [-0.2, -0.15) is 0 Å². The molecule has 3 heteroatoms. The van der Waals surface area contributed by atoms with Gasteiger partial charge in [0.05, 0.1) is 12.2 Å². The first-order valence-corrected chi connectivity index (χ1v) is 7.96. The summed E-state index contributed by atoms with van der Waals surface area (Å²) >= 11 is 0. The molecule has 1 saturated carbocycles. The minimum atomic E-state index is -0.232. The van der Waals surface area contributed by atoms with Crippen LogP contribution in [0.15, 0.2) is 36.4 Å². The molecule has 1 aromatic rings. The first kappa shape index (κ1) is 12.9. The molecule has 1 aromatic carbocycles. The van der Waals surface area contributed by atoms with E-state index in [-0.39, 0.29) is 5.97 Å². The van der Waals surface area contributed by atoms with Crippen molar-refractivity contribution in [2.75, 3.05) is 24.6 Å². The van der Waals surface area contributed by atoms with Crippen molar-refractivity contribution in [2.45, 2.75) is 13.3 Å². The summed E-state index contributed by atoms with van der Waals surface area (Å²) in [7, 11) is 0. The minimum absolute atomic E-state index is 0.232. The zero-order chi connectivity index (χ0) is 14.4. The van der Waals surface area contributed by atoms with Gasteiger partial charge in [0, 0.05) is 18.8 Å². The Morgan fingerprint density at radius 1 is 1.14 bits per heavy atom. The van der Waals surface area contributed by atoms with Gasteiger partial charge < -0.3 is 9.64 Å². The summed E-state index contributed by atoms with van der Waals surface area (Å²) in [4.78, 5) is 14.2. The number of rotatable bonds is 3. The van der Waals surface area contributed by atoms with E-state index in [9.17, 15) is 4.79 Å². The number of nitrogens with zero attached hydrogens (tertiary/aromatic N) is 1. The fourth-order valence-electron chi connectivity index (χ4n) is 4.39. The molecule has 1 saturated heterocycles. The SMILES string of the molecule is CCOC(=O)c1ccc(N2CC3C4C=CC(C4)C3C2)cc1. The van der Waals surface area contributed by atoms with Gasteiger partial charge in [-0.15, -0.1) is 0 Å². The number of carbonyl (C=O) groups is 1. The smallest absolute Gasteiger partial charge is 0.338 e. The van der Waals surface area contributed by atoms with Crippen molar-refractivity contribution in [3.8, 4) is 0 Å². The van der Waals surface area contributed by atoms with Crippen LogP contribution in [0.2, 0.25) is 0 Å². The summed E-state index contributed by atoms with van der Waals surface area (Å²) in [6.07, 6.45) is 6.24. The molecule has 3 aliphatic rings. The topological polar surface area (TPSA) is 29.5 Å². The van der Waals surface area contributed by atoms with Crippen LogP contribution in [0, 0.1) is 23.7 Å². The summed E-state index contributed by atoms with van der Waals surface area (Å²) in [5.74, 6) is 3.06. The highest BCUT2D eigenvalue weighted by Crippen LogP contribution is 2.51. The van der Waals surface area contributed by atoms with Crippen LogP contribution in [0.25, 0.3) is 0 Å². The third-order valence-corrected chi connectivity index (χ3v) is 5.41. The molecule has 3 nitrogen and oxygen atoms in total. The molecule has 110 valence electrons. The van der Waals surface area contributed by atoms with Crippen molar-refractivity contribution in [3.05, 3.63) is 42.0 Å². The Kier molecular flexibility index (Phi) is 3.02. The zero-order valence-corrected chi connectivity index (χ0v) is 12.4. The molecule has 2 fully saturated rings. The quantitative estimate of drug-likeness (QED) is 0.630. The lowest BCUT2D eigenvalue weighted by Crippen LogP contribution is -2.22. The minimum Gasteiger partial charge on any atom is -0.462 e. The van der Waals surface area contributed by atoms with Crippen LogP contribution in [0.4, 0.5) is 5.69 Å². The van der Waals surface area contributed by atoms with Gasteiger partial charge in [0.15, 0.2) is 0 Å². The lowest BCUT2D eigenvalue weighted by molar-refractivity contribution is 0.0526. The Morgan fingerprint density at radius 3 is 2.33 bits per heavy atom. The van der Waals surface area contributed by atoms with Crippen LogP contribution in [0.5, 0.6) is 0 Å². The second-order valence-electron chi connectivity index (χ2n) is 6.45. The Bertz CT molecular complexity index is 557. The van der Waals surface area contributed by atoms with Gasteiger partial charge >= 0.3 is 5.97 Å². The maximum atomic E-state index is 11.7. The number of carbonyl (C=O) groups excluding carboxylic acids is 1. The monoisotopic (exact) mass is 283 g/mol. The van der Waals surface area contributed by atoms with E-state index in [0.29, 0.717) is 12.2 Å². The Balaban J connectivity index is 1.47. The molecular formula is C18H21NO2. The first-order valence-electron chi connectivity index (χ1n) is 7.96. The van der Waals surface area contributed by atoms with Gasteiger partial charge in [-0.05, 0) is 61.3 Å². The average molecular weight is 283 g/mol. The predicted molar refractivity (Wildman–Crippen MR) is 82.3 cm³/mol. The number of hydrogen-bond donors (Lipinski definition) is 0. The highest BCUT2D eigenvalue weighted by molar-refractivity contribution is 5.89. The predicted octanol–water partition coefficient (Wildman–Crippen LogP) is 3.12. The number of esters is 1. The number of ether oxygens (including phenoxy) is 1. The normalized spacial score (nSPS) is 32.5. The van der Waals surface area contributed by atoms with Crippen LogP contribution in [-0.2, 0) is 4.74 Å². The van der Waals surface area contributed by atoms with Gasteiger partial charge in [-0.1, -0.05) is 12.2 Å². The summed E-state index contributed by atoms with van der Waals surface area (Å²) in [6.45, 7) is 4.58. The Labute approximate surface area is 125 Å². The van der Waals surface area contributed by atoms with E-state index in [2.05, 4.69) is 29.2 Å². The molecular weight excluding hydrogens is 262 g/mol. The molecule has 0 spiro atoms. The average Bonchev–Trinajstić information content (AvgIpc) is 3.20. The highest BCUT2D eigenvalue weighted by Gasteiger charge is 2.49. The van der Waals surface area contributed by atoms with E-state index >= 15 is 0 Å². The fraction of sp³-hybridized carbons (Fsp3) is 0.500. The molecule has 0 radical (unpaired) electrons. The Morgan fingerprint density at radius 2 is 1.76 bits per heavy atom. The second kappa shape index (κ2) is 4.90. The fourth-order valence-corrected chi connectivity index (χ4v) is 4.39. The van der Waals surface area contributed by atoms with Crippen LogP contribution < -0.4 is 4.90 Å². The van der Waals surface area contributed by atoms with E-state index in [1.165, 1.54) is 12.1 Å². The molecule has 4 atom stereocenters. The molecule has 2 aliphatic carbocycles. The molecule has 21 heavy (non-hydrogen) atoms. The van der Waals surface area contributed by atoms with Crippen LogP contribution >= 0.6 is 0 Å². The van der Waals surface area contributed by atoms with E-state index in [1.807, 2.05) is 19.1 Å². The van der Waals surface area contributed by atoms with E-state index in [4.69, 9.17) is 4.74 Å². The maximum Gasteiger partial charge on any atom is 0.338 e. The molecule has 0 amide bonds. The Hall–Kier alpha value is -1.77. The van der Waals surface area contributed by atoms with Crippen molar-refractivity contribution in [1.29, 1.82) is 0 Å². The number of fused-ring (bicyclic) bond motifs is 5. The molecule has 1 heterocycles. The summed E-state index contributed by atoms with van der Waals surface area (Å²) in [6, 6.07) is 7.88. The summed E-state index contributed by atoms with van der Waals surface area (Å²) in [5, 5.41) is 0. The number of hydrogen-bond acceptors (Lipinski definition) is 3. The third kappa shape index (κ3) is 2.06. The number of allylic oxidation sites excluding steroid dienone is 2. The highest BCUT2D eigenvalue weighted by atomic mass is 16.5. The molecule has 1 aliphatic heterocycles. The zero-order valence-electron chi connectivity index (χ0n) is 12.4. The summed E-state index contributed by atoms with van der Waals surface area (Å²) < 4.78 is 5.03. The third-order valence-electron chi connectivity index (χ3n) is 5.41. The van der Waals surface area contributed by atoms with E-state index in [1.54, 1.807) is 0 Å². The lowest BCUT2D eigenvalue weighted by atomic mass is 9.86. The summed E-state index contributed by atoms with van der Waals surface area (Å²) in [5.41, 5.74) is 1.87. The molecule has 4 unspecified atom stereocenters. The molecule has 2 bridgehead atoms. The van der Waals surface area contributed by atoms with Crippen molar-refractivity contribution in [1.82, 2.24) is 0 Å². The van der Waals surface area contributed by atoms with Crippen molar-refractivity contribution >= 4 is 11.7 Å². The largest absolute Gasteiger partial charge is 0.462 e. The molecule has 4 rings (SSSR count). The maximum absolute atomic E-state index is 11.7.